The van der Waals surface area contributed by atoms with Crippen molar-refractivity contribution in [2.45, 2.75) is 27.2 Å². The van der Waals surface area contributed by atoms with Crippen LogP contribution in [0.4, 0.5) is 5.13 Å². The quantitative estimate of drug-likeness (QED) is 0.498. The van der Waals surface area contributed by atoms with Gasteiger partial charge in [-0.2, -0.15) is 0 Å². The molecule has 158 valence electrons. The molecule has 0 radical (unpaired) electrons. The lowest BCUT2D eigenvalue weighted by atomic mass is 9.58. The molecular formula is C26H26N2O2S. The molecule has 0 amide bonds. The highest BCUT2D eigenvalue weighted by Crippen LogP contribution is 2.55. The zero-order chi connectivity index (χ0) is 21.8. The number of allylic oxidation sites excluding steroid dienone is 2. The van der Waals surface area contributed by atoms with Crippen LogP contribution in [0.5, 0.6) is 0 Å². The third-order valence-electron chi connectivity index (χ3n) is 6.81. The molecule has 31 heavy (non-hydrogen) atoms. The van der Waals surface area contributed by atoms with Gasteiger partial charge >= 0.3 is 5.97 Å². The molecule has 2 aliphatic rings. The van der Waals surface area contributed by atoms with E-state index >= 15 is 0 Å². The molecule has 5 heteroatoms. The molecule has 1 atom stereocenters. The number of anilines is 1. The van der Waals surface area contributed by atoms with Crippen molar-refractivity contribution in [2.75, 3.05) is 18.0 Å². The molecule has 0 bridgehead atoms. The average molecular weight is 431 g/mol. The number of aromatic nitrogens is 1. The predicted molar refractivity (Wildman–Crippen MR) is 128 cm³/mol. The molecule has 0 saturated carbocycles. The monoisotopic (exact) mass is 430 g/mol. The number of carbonyl (C=O) groups is 1. The number of thiazole rings is 1. The van der Waals surface area contributed by atoms with E-state index in [1.807, 2.05) is 18.2 Å². The van der Waals surface area contributed by atoms with E-state index in [4.69, 9.17) is 4.98 Å². The fourth-order valence-corrected chi connectivity index (χ4v) is 6.32. The standard InChI is InChI=1S/C26H26N2O2S/c1-25(2)19(17-8-10-18(11-9-17)23(29)30)12-14-26(3)16-28(15-13-22(25)26)24-27-20-6-4-5-7-21(20)31-24/h4-13H,14-16H2,1-3H3,(H,29,30)/t26-/m1/s1. The molecular weight excluding hydrogens is 404 g/mol. The molecule has 0 spiro atoms. The number of benzene rings is 2. The first-order valence-electron chi connectivity index (χ1n) is 10.6. The summed E-state index contributed by atoms with van der Waals surface area (Å²) >= 11 is 1.77. The lowest BCUT2D eigenvalue weighted by molar-refractivity contribution is 0.0697. The van der Waals surface area contributed by atoms with Gasteiger partial charge in [0.15, 0.2) is 5.13 Å². The van der Waals surface area contributed by atoms with Gasteiger partial charge in [-0.1, -0.05) is 74.1 Å². The Hall–Kier alpha value is -2.92. The summed E-state index contributed by atoms with van der Waals surface area (Å²) in [5.41, 5.74) is 5.18. The summed E-state index contributed by atoms with van der Waals surface area (Å²) in [6.45, 7) is 8.76. The van der Waals surface area contributed by atoms with Gasteiger partial charge in [-0.3, -0.25) is 0 Å². The molecule has 0 fully saturated rings. The van der Waals surface area contributed by atoms with E-state index in [0.29, 0.717) is 5.56 Å². The second-order valence-corrected chi connectivity index (χ2v) is 10.4. The van der Waals surface area contributed by atoms with E-state index in [1.54, 1.807) is 23.5 Å². The molecule has 1 aliphatic heterocycles. The van der Waals surface area contributed by atoms with E-state index in [-0.39, 0.29) is 10.8 Å². The topological polar surface area (TPSA) is 53.4 Å². The van der Waals surface area contributed by atoms with Crippen molar-refractivity contribution < 1.29 is 9.90 Å². The van der Waals surface area contributed by atoms with Gasteiger partial charge in [-0.25, -0.2) is 9.78 Å². The van der Waals surface area contributed by atoms with Crippen LogP contribution in [0.25, 0.3) is 15.8 Å². The third kappa shape index (κ3) is 3.28. The fourth-order valence-electron chi connectivity index (χ4n) is 5.34. The predicted octanol–water partition coefficient (Wildman–Crippen LogP) is 6.26. The van der Waals surface area contributed by atoms with Crippen LogP contribution in [0.2, 0.25) is 0 Å². The molecule has 2 heterocycles. The first-order chi connectivity index (χ1) is 14.8. The van der Waals surface area contributed by atoms with Crippen molar-refractivity contribution in [1.29, 1.82) is 0 Å². The third-order valence-corrected chi connectivity index (χ3v) is 7.90. The first kappa shape index (κ1) is 20.0. The lowest BCUT2D eigenvalue weighted by Crippen LogP contribution is -2.46. The van der Waals surface area contributed by atoms with Crippen molar-refractivity contribution in [1.82, 2.24) is 4.98 Å². The molecule has 1 aliphatic carbocycles. The molecule has 3 aromatic rings. The van der Waals surface area contributed by atoms with Crippen LogP contribution in [0.15, 0.2) is 66.3 Å². The minimum Gasteiger partial charge on any atom is -0.478 e. The summed E-state index contributed by atoms with van der Waals surface area (Å²) in [6.07, 6.45) is 5.71. The number of hydrogen-bond acceptors (Lipinski definition) is 4. The normalized spacial score (nSPS) is 22.6. The van der Waals surface area contributed by atoms with Crippen molar-refractivity contribution in [3.63, 3.8) is 0 Å². The first-order valence-corrected chi connectivity index (χ1v) is 11.5. The zero-order valence-electron chi connectivity index (χ0n) is 18.1. The SMILES string of the molecule is CC1(C)C(c2ccc(C(=O)O)cc2)=CC[C@]2(C)CN(c3nc4ccccc4s3)CC=C12. The van der Waals surface area contributed by atoms with Crippen LogP contribution in [-0.4, -0.2) is 29.1 Å². The van der Waals surface area contributed by atoms with Crippen LogP contribution >= 0.6 is 11.3 Å². The van der Waals surface area contributed by atoms with E-state index in [1.165, 1.54) is 15.8 Å². The molecule has 1 aromatic heterocycles. The Kier molecular flexibility index (Phi) is 4.56. The minimum atomic E-state index is -0.888. The largest absolute Gasteiger partial charge is 0.478 e. The maximum atomic E-state index is 11.2. The Morgan fingerprint density at radius 3 is 2.52 bits per heavy atom. The molecule has 0 unspecified atom stereocenters. The minimum absolute atomic E-state index is 0.0457. The van der Waals surface area contributed by atoms with Gasteiger partial charge in [0.25, 0.3) is 0 Å². The number of carboxylic acid groups (broad SMARTS) is 1. The summed E-state index contributed by atoms with van der Waals surface area (Å²) in [5, 5.41) is 10.3. The Morgan fingerprint density at radius 1 is 1.06 bits per heavy atom. The number of rotatable bonds is 3. The number of fused-ring (bicyclic) bond motifs is 2. The number of hydrogen-bond donors (Lipinski definition) is 1. The number of nitrogens with zero attached hydrogens (tertiary/aromatic N) is 2. The van der Waals surface area contributed by atoms with Gasteiger partial charge in [-0.15, -0.1) is 0 Å². The van der Waals surface area contributed by atoms with Crippen molar-refractivity contribution >= 4 is 38.2 Å². The molecule has 2 aromatic carbocycles. The lowest BCUT2D eigenvalue weighted by Gasteiger charge is -2.50. The van der Waals surface area contributed by atoms with Gasteiger partial charge < -0.3 is 10.0 Å². The highest BCUT2D eigenvalue weighted by atomic mass is 32.1. The summed E-state index contributed by atoms with van der Waals surface area (Å²) in [5.74, 6) is -0.888. The summed E-state index contributed by atoms with van der Waals surface area (Å²) in [4.78, 5) is 18.5. The fraction of sp³-hybridized carbons (Fsp3) is 0.308. The Bertz CT molecular complexity index is 1200. The van der Waals surface area contributed by atoms with Crippen molar-refractivity contribution in [3.05, 3.63) is 77.4 Å². The maximum absolute atomic E-state index is 11.2. The van der Waals surface area contributed by atoms with Crippen molar-refractivity contribution in [3.8, 4) is 0 Å². The van der Waals surface area contributed by atoms with Crippen LogP contribution in [0.1, 0.15) is 43.1 Å². The van der Waals surface area contributed by atoms with E-state index in [9.17, 15) is 9.90 Å². The molecule has 4 nitrogen and oxygen atoms in total. The average Bonchev–Trinajstić information content (AvgIpc) is 3.17. The summed E-state index contributed by atoms with van der Waals surface area (Å²) < 4.78 is 1.23. The van der Waals surface area contributed by atoms with E-state index in [0.717, 1.165) is 35.7 Å². The zero-order valence-corrected chi connectivity index (χ0v) is 18.9. The highest BCUT2D eigenvalue weighted by Gasteiger charge is 2.46. The maximum Gasteiger partial charge on any atom is 0.335 e. The Morgan fingerprint density at radius 2 is 1.81 bits per heavy atom. The van der Waals surface area contributed by atoms with E-state index < -0.39 is 5.97 Å². The number of carboxylic acids is 1. The van der Waals surface area contributed by atoms with Gasteiger partial charge in [0.2, 0.25) is 0 Å². The molecule has 1 N–H and O–H groups in total. The van der Waals surface area contributed by atoms with Crippen LogP contribution < -0.4 is 4.90 Å². The second-order valence-electron chi connectivity index (χ2n) is 9.35. The van der Waals surface area contributed by atoms with E-state index in [2.05, 4.69) is 56.0 Å². The van der Waals surface area contributed by atoms with Gasteiger partial charge in [0, 0.05) is 23.9 Å². The number of para-hydroxylation sites is 1. The Balaban J connectivity index is 1.47. The van der Waals surface area contributed by atoms with Crippen molar-refractivity contribution in [2.24, 2.45) is 10.8 Å². The smallest absolute Gasteiger partial charge is 0.335 e. The summed E-state index contributed by atoms with van der Waals surface area (Å²) in [6, 6.07) is 15.6. The van der Waals surface area contributed by atoms with Crippen LogP contribution in [0, 0.1) is 10.8 Å². The van der Waals surface area contributed by atoms with Gasteiger partial charge in [0.1, 0.15) is 0 Å². The van der Waals surface area contributed by atoms with Crippen LogP contribution in [0.3, 0.4) is 0 Å². The van der Waals surface area contributed by atoms with Gasteiger partial charge in [0.05, 0.1) is 15.8 Å². The van der Waals surface area contributed by atoms with Gasteiger partial charge in [-0.05, 0) is 41.8 Å². The number of aromatic carboxylic acids is 1. The summed E-state index contributed by atoms with van der Waals surface area (Å²) in [7, 11) is 0. The Labute approximate surface area is 186 Å². The molecule has 5 rings (SSSR count). The molecule has 0 saturated heterocycles. The highest BCUT2D eigenvalue weighted by molar-refractivity contribution is 7.22. The van der Waals surface area contributed by atoms with Crippen LogP contribution in [-0.2, 0) is 0 Å². The second kappa shape index (κ2) is 7.06.